The summed E-state index contributed by atoms with van der Waals surface area (Å²) in [5, 5.41) is 5.77. The summed E-state index contributed by atoms with van der Waals surface area (Å²) in [7, 11) is 1.82. The van der Waals surface area contributed by atoms with Gasteiger partial charge in [0.2, 0.25) is 5.91 Å². The van der Waals surface area contributed by atoms with Crippen LogP contribution in [0.15, 0.2) is 24.3 Å². The zero-order valence-electron chi connectivity index (χ0n) is 9.99. The maximum Gasteiger partial charge on any atom is 0.251 e. The van der Waals surface area contributed by atoms with Gasteiger partial charge in [-0.1, -0.05) is 6.07 Å². The van der Waals surface area contributed by atoms with E-state index in [2.05, 4.69) is 10.6 Å². The number of primary amides is 1. The molecule has 17 heavy (non-hydrogen) atoms. The largest absolute Gasteiger partial charge is 0.366 e. The second-order valence-corrected chi connectivity index (χ2v) is 3.84. The molecule has 0 fully saturated rings. The third-order valence-electron chi connectivity index (χ3n) is 2.47. The van der Waals surface area contributed by atoms with Gasteiger partial charge in [0.25, 0.3) is 5.91 Å². The van der Waals surface area contributed by atoms with Crippen LogP contribution in [0.1, 0.15) is 27.6 Å². The molecule has 0 spiro atoms. The van der Waals surface area contributed by atoms with E-state index >= 15 is 0 Å². The molecule has 0 heterocycles. The Morgan fingerprint density at radius 1 is 1.35 bits per heavy atom. The Morgan fingerprint density at radius 2 is 2.00 bits per heavy atom. The van der Waals surface area contributed by atoms with Crippen LogP contribution in [0.5, 0.6) is 0 Å². The summed E-state index contributed by atoms with van der Waals surface area (Å²) in [6, 6.07) is 6.54. The lowest BCUT2D eigenvalue weighted by molar-refractivity contribution is 0.0950. The molecule has 1 atom stereocenters. The fourth-order valence-electron chi connectivity index (χ4n) is 1.26. The third kappa shape index (κ3) is 3.88. The van der Waals surface area contributed by atoms with Crippen LogP contribution in [-0.2, 0) is 0 Å². The zero-order chi connectivity index (χ0) is 12.8. The van der Waals surface area contributed by atoms with Crippen molar-refractivity contribution in [2.24, 2.45) is 5.73 Å². The van der Waals surface area contributed by atoms with Crippen molar-refractivity contribution in [2.45, 2.75) is 13.0 Å². The molecule has 2 amide bonds. The van der Waals surface area contributed by atoms with Crippen LogP contribution in [-0.4, -0.2) is 31.4 Å². The molecule has 0 saturated carbocycles. The number of hydrogen-bond acceptors (Lipinski definition) is 3. The maximum absolute atomic E-state index is 11.7. The Balaban J connectivity index is 2.69. The fourth-order valence-corrected chi connectivity index (χ4v) is 1.26. The van der Waals surface area contributed by atoms with Gasteiger partial charge in [-0.05, 0) is 32.2 Å². The summed E-state index contributed by atoms with van der Waals surface area (Å²) < 4.78 is 0. The fraction of sp³-hybridized carbons (Fsp3) is 0.333. The van der Waals surface area contributed by atoms with Gasteiger partial charge < -0.3 is 16.4 Å². The SMILES string of the molecule is CNC(C)CNC(=O)c1cccc(C(N)=O)c1. The van der Waals surface area contributed by atoms with E-state index in [1.807, 2.05) is 14.0 Å². The first-order valence-electron chi connectivity index (χ1n) is 5.40. The van der Waals surface area contributed by atoms with E-state index in [0.29, 0.717) is 17.7 Å². The molecule has 1 unspecified atom stereocenters. The maximum atomic E-state index is 11.7. The Hall–Kier alpha value is -1.88. The summed E-state index contributed by atoms with van der Waals surface area (Å²) >= 11 is 0. The summed E-state index contributed by atoms with van der Waals surface area (Å²) in [6.07, 6.45) is 0. The Labute approximate surface area is 100 Å². The molecule has 1 rings (SSSR count). The number of carbonyl (C=O) groups excluding carboxylic acids is 2. The molecule has 0 aliphatic carbocycles. The number of rotatable bonds is 5. The number of carbonyl (C=O) groups is 2. The second kappa shape index (κ2) is 6.00. The average Bonchev–Trinajstić information content (AvgIpc) is 2.35. The van der Waals surface area contributed by atoms with Gasteiger partial charge in [-0.15, -0.1) is 0 Å². The van der Waals surface area contributed by atoms with Gasteiger partial charge in [0.1, 0.15) is 0 Å². The van der Waals surface area contributed by atoms with E-state index in [-0.39, 0.29) is 11.9 Å². The molecule has 5 nitrogen and oxygen atoms in total. The van der Waals surface area contributed by atoms with E-state index < -0.39 is 5.91 Å². The van der Waals surface area contributed by atoms with Gasteiger partial charge in [0.15, 0.2) is 0 Å². The number of likely N-dealkylation sites (N-methyl/N-ethyl adjacent to an activating group) is 1. The van der Waals surface area contributed by atoms with Crippen LogP contribution in [0.2, 0.25) is 0 Å². The molecule has 4 N–H and O–H groups in total. The van der Waals surface area contributed by atoms with E-state index in [1.54, 1.807) is 18.2 Å². The van der Waals surface area contributed by atoms with Crippen LogP contribution in [0, 0.1) is 0 Å². The van der Waals surface area contributed by atoms with Crippen molar-refractivity contribution in [3.63, 3.8) is 0 Å². The molecule has 5 heteroatoms. The molecule has 0 aliphatic rings. The quantitative estimate of drug-likeness (QED) is 0.678. The van der Waals surface area contributed by atoms with Gasteiger partial charge in [-0.2, -0.15) is 0 Å². The highest BCUT2D eigenvalue weighted by molar-refractivity contribution is 5.99. The molecule has 0 bridgehead atoms. The minimum absolute atomic E-state index is 0.193. The lowest BCUT2D eigenvalue weighted by Crippen LogP contribution is -2.37. The average molecular weight is 235 g/mol. The van der Waals surface area contributed by atoms with Crippen LogP contribution in [0.3, 0.4) is 0 Å². The number of benzene rings is 1. The smallest absolute Gasteiger partial charge is 0.251 e. The van der Waals surface area contributed by atoms with Gasteiger partial charge in [-0.25, -0.2) is 0 Å². The van der Waals surface area contributed by atoms with Crippen molar-refractivity contribution in [1.29, 1.82) is 0 Å². The predicted octanol–water partition coefficient (Wildman–Crippen LogP) is 0.123. The second-order valence-electron chi connectivity index (χ2n) is 3.84. The molecule has 0 aromatic heterocycles. The number of hydrogen-bond donors (Lipinski definition) is 3. The number of nitrogens with one attached hydrogen (secondary N) is 2. The Bertz CT molecular complexity index is 418. The van der Waals surface area contributed by atoms with Crippen LogP contribution >= 0.6 is 0 Å². The number of amides is 2. The molecule has 1 aromatic rings. The first-order valence-corrected chi connectivity index (χ1v) is 5.40. The van der Waals surface area contributed by atoms with Crippen LogP contribution < -0.4 is 16.4 Å². The van der Waals surface area contributed by atoms with E-state index in [0.717, 1.165) is 0 Å². The summed E-state index contributed by atoms with van der Waals surface area (Å²) in [5.74, 6) is -0.751. The standard InChI is InChI=1S/C12H17N3O2/c1-8(14-2)7-15-12(17)10-5-3-4-9(6-10)11(13)16/h3-6,8,14H,7H2,1-2H3,(H2,13,16)(H,15,17). The highest BCUT2D eigenvalue weighted by Crippen LogP contribution is 2.04. The molecular formula is C12H17N3O2. The van der Waals surface area contributed by atoms with Gasteiger partial charge in [0.05, 0.1) is 0 Å². The lowest BCUT2D eigenvalue weighted by atomic mass is 10.1. The monoisotopic (exact) mass is 235 g/mol. The van der Waals surface area contributed by atoms with Crippen molar-refractivity contribution >= 4 is 11.8 Å². The minimum Gasteiger partial charge on any atom is -0.366 e. The zero-order valence-corrected chi connectivity index (χ0v) is 9.99. The summed E-state index contributed by atoms with van der Waals surface area (Å²) in [4.78, 5) is 22.7. The van der Waals surface area contributed by atoms with E-state index in [4.69, 9.17) is 5.73 Å². The molecule has 1 aromatic carbocycles. The molecule has 0 aliphatic heterocycles. The van der Waals surface area contributed by atoms with Crippen molar-refractivity contribution in [2.75, 3.05) is 13.6 Å². The van der Waals surface area contributed by atoms with Crippen LogP contribution in [0.25, 0.3) is 0 Å². The van der Waals surface area contributed by atoms with E-state index in [9.17, 15) is 9.59 Å². The third-order valence-corrected chi connectivity index (χ3v) is 2.47. The predicted molar refractivity (Wildman–Crippen MR) is 65.8 cm³/mol. The van der Waals surface area contributed by atoms with Gasteiger partial charge in [-0.3, -0.25) is 9.59 Å². The van der Waals surface area contributed by atoms with E-state index in [1.165, 1.54) is 6.07 Å². The lowest BCUT2D eigenvalue weighted by Gasteiger charge is -2.11. The highest BCUT2D eigenvalue weighted by atomic mass is 16.2. The topological polar surface area (TPSA) is 84.2 Å². The van der Waals surface area contributed by atoms with Crippen molar-refractivity contribution in [3.05, 3.63) is 35.4 Å². The molecular weight excluding hydrogens is 218 g/mol. The first kappa shape index (κ1) is 13.2. The van der Waals surface area contributed by atoms with Crippen molar-refractivity contribution in [3.8, 4) is 0 Å². The molecule has 92 valence electrons. The summed E-state index contributed by atoms with van der Waals surface area (Å²) in [6.45, 7) is 2.48. The molecule has 0 radical (unpaired) electrons. The Kier molecular flexibility index (Phi) is 4.66. The summed E-state index contributed by atoms with van der Waals surface area (Å²) in [5.41, 5.74) is 5.91. The molecule has 0 saturated heterocycles. The van der Waals surface area contributed by atoms with Crippen molar-refractivity contribution in [1.82, 2.24) is 10.6 Å². The normalized spacial score (nSPS) is 11.9. The van der Waals surface area contributed by atoms with Gasteiger partial charge >= 0.3 is 0 Å². The highest BCUT2D eigenvalue weighted by Gasteiger charge is 2.08. The van der Waals surface area contributed by atoms with Crippen LogP contribution in [0.4, 0.5) is 0 Å². The Morgan fingerprint density at radius 3 is 2.59 bits per heavy atom. The van der Waals surface area contributed by atoms with Crippen molar-refractivity contribution < 1.29 is 9.59 Å². The first-order chi connectivity index (χ1) is 8.04. The minimum atomic E-state index is -0.539. The number of nitrogens with two attached hydrogens (primary N) is 1. The van der Waals surface area contributed by atoms with Gasteiger partial charge in [0, 0.05) is 23.7 Å².